The molecule has 0 saturated heterocycles. The average Bonchev–Trinajstić information content (AvgIpc) is 3.40. The molecule has 0 amide bonds. The first-order chi connectivity index (χ1) is 14.0. The molecule has 0 aromatic heterocycles. The summed E-state index contributed by atoms with van der Waals surface area (Å²) < 4.78 is 15.3. The quantitative estimate of drug-likeness (QED) is 0.471. The highest BCUT2D eigenvalue weighted by Crippen LogP contribution is 2.55. The summed E-state index contributed by atoms with van der Waals surface area (Å²) in [5.74, 6) is -0.0459. The lowest BCUT2D eigenvalue weighted by Crippen LogP contribution is -2.13. The van der Waals surface area contributed by atoms with Crippen LogP contribution in [0.5, 0.6) is 0 Å². The highest BCUT2D eigenvalue weighted by Gasteiger charge is 2.48. The molecule has 1 saturated carbocycles. The van der Waals surface area contributed by atoms with Crippen molar-refractivity contribution < 1.29 is 4.39 Å². The molecule has 1 heteroatoms. The molecule has 0 aliphatic heterocycles. The van der Waals surface area contributed by atoms with Crippen molar-refractivity contribution in [2.45, 2.75) is 86.0 Å². The fraction of sp³-hybridized carbons (Fsp3) is 0.517. The van der Waals surface area contributed by atoms with E-state index in [1.54, 1.807) is 6.07 Å². The third-order valence-corrected chi connectivity index (χ3v) is 8.04. The van der Waals surface area contributed by atoms with Crippen LogP contribution in [0.15, 0.2) is 35.9 Å². The Morgan fingerprint density at radius 1 is 1.07 bits per heavy atom. The standard InChI is InChI=1S/C29H37F/c1-8-28(6,7)20(3)14-22-16-25(26(30)13-19(22)2)29(11-12-29)24-10-9-21-17-27(4,5)18-23(21)15-24/h9-10,13-16H,8,11-12,17-18H2,1-7H3/b20-14+. The summed E-state index contributed by atoms with van der Waals surface area (Å²) in [6.45, 7) is 15.7. The number of hydrogen-bond acceptors (Lipinski definition) is 0. The molecule has 0 unspecified atom stereocenters. The van der Waals surface area contributed by atoms with Gasteiger partial charge in [0.2, 0.25) is 0 Å². The molecule has 0 spiro atoms. The van der Waals surface area contributed by atoms with E-state index in [1.807, 2.05) is 6.92 Å². The molecule has 0 bridgehead atoms. The van der Waals surface area contributed by atoms with Gasteiger partial charge in [-0.15, -0.1) is 0 Å². The van der Waals surface area contributed by atoms with Crippen molar-refractivity contribution in [3.8, 4) is 0 Å². The Morgan fingerprint density at radius 2 is 1.73 bits per heavy atom. The van der Waals surface area contributed by atoms with Gasteiger partial charge in [-0.05, 0) is 102 Å². The topological polar surface area (TPSA) is 0 Å². The van der Waals surface area contributed by atoms with Crippen LogP contribution < -0.4 is 0 Å². The van der Waals surface area contributed by atoms with E-state index >= 15 is 4.39 Å². The Hall–Kier alpha value is -1.89. The van der Waals surface area contributed by atoms with E-state index in [9.17, 15) is 0 Å². The van der Waals surface area contributed by atoms with Gasteiger partial charge in [-0.1, -0.05) is 64.5 Å². The van der Waals surface area contributed by atoms with Gasteiger partial charge in [-0.25, -0.2) is 4.39 Å². The minimum Gasteiger partial charge on any atom is -0.207 e. The molecular weight excluding hydrogens is 367 g/mol. The molecule has 0 atom stereocenters. The molecule has 30 heavy (non-hydrogen) atoms. The summed E-state index contributed by atoms with van der Waals surface area (Å²) in [6, 6.07) is 10.9. The number of benzene rings is 2. The molecule has 4 rings (SSSR count). The maximum Gasteiger partial charge on any atom is 0.127 e. The van der Waals surface area contributed by atoms with E-state index < -0.39 is 0 Å². The molecule has 2 aromatic rings. The third-order valence-electron chi connectivity index (χ3n) is 8.04. The highest BCUT2D eigenvalue weighted by molar-refractivity contribution is 5.61. The van der Waals surface area contributed by atoms with Crippen molar-refractivity contribution in [3.05, 3.63) is 75.1 Å². The largest absolute Gasteiger partial charge is 0.207 e. The van der Waals surface area contributed by atoms with Crippen molar-refractivity contribution in [2.24, 2.45) is 10.8 Å². The second kappa shape index (κ2) is 7.08. The molecule has 0 nitrogen and oxygen atoms in total. The van der Waals surface area contributed by atoms with Crippen LogP contribution in [0.1, 0.15) is 94.2 Å². The number of aryl methyl sites for hydroxylation is 1. The minimum absolute atomic E-state index is 0.0459. The third kappa shape index (κ3) is 3.66. The summed E-state index contributed by atoms with van der Waals surface area (Å²) in [7, 11) is 0. The first-order valence-electron chi connectivity index (χ1n) is 11.6. The molecule has 2 aliphatic rings. The Kier molecular flexibility index (Phi) is 5.03. The summed E-state index contributed by atoms with van der Waals surface area (Å²) in [5.41, 5.74) is 9.04. The van der Waals surface area contributed by atoms with E-state index in [4.69, 9.17) is 0 Å². The maximum atomic E-state index is 15.3. The zero-order valence-corrected chi connectivity index (χ0v) is 19.9. The van der Waals surface area contributed by atoms with Crippen molar-refractivity contribution >= 4 is 6.08 Å². The second-order valence-electron chi connectivity index (χ2n) is 11.3. The van der Waals surface area contributed by atoms with Gasteiger partial charge >= 0.3 is 0 Å². The first-order valence-corrected chi connectivity index (χ1v) is 11.6. The van der Waals surface area contributed by atoms with Crippen molar-refractivity contribution in [1.82, 2.24) is 0 Å². The summed E-state index contributed by atoms with van der Waals surface area (Å²) >= 11 is 0. The van der Waals surface area contributed by atoms with Gasteiger partial charge in [-0.2, -0.15) is 0 Å². The summed E-state index contributed by atoms with van der Waals surface area (Å²) in [5, 5.41) is 0. The van der Waals surface area contributed by atoms with Gasteiger partial charge < -0.3 is 0 Å². The van der Waals surface area contributed by atoms with Gasteiger partial charge in [0.05, 0.1) is 0 Å². The van der Waals surface area contributed by atoms with E-state index in [0.717, 1.165) is 43.2 Å². The van der Waals surface area contributed by atoms with E-state index in [2.05, 4.69) is 71.9 Å². The number of hydrogen-bond donors (Lipinski definition) is 0. The SMILES string of the molecule is CCC(C)(C)/C(C)=C/c1cc(C2(c3ccc4c(c3)CC(C)(C)C4)CC2)c(F)cc1C. The molecular formula is C29H37F. The van der Waals surface area contributed by atoms with Crippen LogP contribution in [-0.2, 0) is 18.3 Å². The average molecular weight is 405 g/mol. The molecule has 0 radical (unpaired) electrons. The number of fused-ring (bicyclic) bond motifs is 1. The van der Waals surface area contributed by atoms with Crippen LogP contribution in [0.25, 0.3) is 6.08 Å². The lowest BCUT2D eigenvalue weighted by Gasteiger charge is -2.25. The molecule has 160 valence electrons. The lowest BCUT2D eigenvalue weighted by atomic mass is 9.80. The zero-order chi connectivity index (χ0) is 21.9. The molecule has 0 heterocycles. The number of allylic oxidation sites excluding steroid dienone is 1. The monoisotopic (exact) mass is 404 g/mol. The zero-order valence-electron chi connectivity index (χ0n) is 19.9. The van der Waals surface area contributed by atoms with Gasteiger partial charge in [-0.3, -0.25) is 0 Å². The van der Waals surface area contributed by atoms with Gasteiger partial charge in [0.15, 0.2) is 0 Å². The normalized spacial score (nSPS) is 19.7. The van der Waals surface area contributed by atoms with Gasteiger partial charge in [0.1, 0.15) is 5.82 Å². The summed E-state index contributed by atoms with van der Waals surface area (Å²) in [6.07, 6.45) is 7.73. The maximum absolute atomic E-state index is 15.3. The van der Waals surface area contributed by atoms with Crippen LogP contribution in [-0.4, -0.2) is 0 Å². The summed E-state index contributed by atoms with van der Waals surface area (Å²) in [4.78, 5) is 0. The van der Waals surface area contributed by atoms with Crippen molar-refractivity contribution in [2.75, 3.05) is 0 Å². The van der Waals surface area contributed by atoms with Crippen LogP contribution in [0.4, 0.5) is 4.39 Å². The van der Waals surface area contributed by atoms with Gasteiger partial charge in [0, 0.05) is 5.41 Å². The Morgan fingerprint density at radius 3 is 2.37 bits per heavy atom. The Bertz CT molecular complexity index is 1010. The van der Waals surface area contributed by atoms with Crippen LogP contribution in [0.2, 0.25) is 0 Å². The fourth-order valence-electron chi connectivity index (χ4n) is 5.11. The first kappa shape index (κ1) is 21.3. The molecule has 2 aliphatic carbocycles. The highest BCUT2D eigenvalue weighted by atomic mass is 19.1. The van der Waals surface area contributed by atoms with Crippen LogP contribution in [0.3, 0.4) is 0 Å². The number of rotatable bonds is 5. The predicted octanol–water partition coefficient (Wildman–Crippen LogP) is 8.18. The van der Waals surface area contributed by atoms with Crippen molar-refractivity contribution in [1.29, 1.82) is 0 Å². The fourth-order valence-corrected chi connectivity index (χ4v) is 5.11. The minimum atomic E-state index is -0.143. The predicted molar refractivity (Wildman–Crippen MR) is 127 cm³/mol. The Balaban J connectivity index is 1.76. The van der Waals surface area contributed by atoms with E-state index in [-0.39, 0.29) is 16.6 Å². The number of halogens is 1. The smallest absolute Gasteiger partial charge is 0.127 e. The van der Waals surface area contributed by atoms with Crippen LogP contribution in [0, 0.1) is 23.6 Å². The van der Waals surface area contributed by atoms with Crippen LogP contribution >= 0.6 is 0 Å². The van der Waals surface area contributed by atoms with Crippen molar-refractivity contribution in [3.63, 3.8) is 0 Å². The molecule has 2 aromatic carbocycles. The van der Waals surface area contributed by atoms with E-state index in [0.29, 0.717) is 5.41 Å². The lowest BCUT2D eigenvalue weighted by molar-refractivity contribution is 0.392. The van der Waals surface area contributed by atoms with Gasteiger partial charge in [0.25, 0.3) is 0 Å². The Labute approximate surface area is 182 Å². The molecule has 0 N–H and O–H groups in total. The second-order valence-corrected chi connectivity index (χ2v) is 11.3. The van der Waals surface area contributed by atoms with E-state index in [1.165, 1.54) is 27.8 Å². The molecule has 1 fully saturated rings.